The number of guanidine groups is 1. The summed E-state index contributed by atoms with van der Waals surface area (Å²) in [6.07, 6.45) is 9.55. The average molecular weight is 278 g/mol. The van der Waals surface area contributed by atoms with Gasteiger partial charge in [-0.05, 0) is 32.2 Å². The third kappa shape index (κ3) is 3.33. The molecule has 2 fully saturated rings. The van der Waals surface area contributed by atoms with Gasteiger partial charge in [0.2, 0.25) is 0 Å². The summed E-state index contributed by atoms with van der Waals surface area (Å²) in [6, 6.07) is 1.17. The lowest BCUT2D eigenvalue weighted by Gasteiger charge is -2.35. The van der Waals surface area contributed by atoms with Crippen LogP contribution in [0.2, 0.25) is 0 Å². The van der Waals surface area contributed by atoms with Gasteiger partial charge in [0, 0.05) is 32.2 Å². The molecule has 0 aromatic rings. The van der Waals surface area contributed by atoms with Crippen LogP contribution in [-0.2, 0) is 4.74 Å². The smallest absolute Gasteiger partial charge is 0.191 e. The van der Waals surface area contributed by atoms with Crippen LogP contribution < -0.4 is 10.6 Å². The molecule has 5 heteroatoms. The quantitative estimate of drug-likeness (QED) is 0.454. The summed E-state index contributed by atoms with van der Waals surface area (Å²) in [4.78, 5) is 6.88. The molecule has 1 aliphatic carbocycles. The van der Waals surface area contributed by atoms with Crippen LogP contribution in [0.15, 0.2) is 17.1 Å². The standard InChI is InChI=1S/C15H26N4O/c1-16-15(18-12-5-2-3-6-12)17-9-14-10-19-8-4-7-13(19)11-20-14/h2-3,12-14H,4-11H2,1H3,(H2,16,17,18). The molecule has 2 saturated heterocycles. The van der Waals surface area contributed by atoms with Gasteiger partial charge in [0.25, 0.3) is 0 Å². The van der Waals surface area contributed by atoms with E-state index >= 15 is 0 Å². The highest BCUT2D eigenvalue weighted by molar-refractivity contribution is 5.80. The number of aliphatic imine (C=N–C) groups is 1. The molecule has 5 nitrogen and oxygen atoms in total. The zero-order valence-corrected chi connectivity index (χ0v) is 12.3. The predicted molar refractivity (Wildman–Crippen MR) is 81.0 cm³/mol. The van der Waals surface area contributed by atoms with E-state index in [9.17, 15) is 0 Å². The van der Waals surface area contributed by atoms with Crippen molar-refractivity contribution in [2.75, 3.05) is 33.3 Å². The fourth-order valence-corrected chi connectivity index (χ4v) is 3.34. The lowest BCUT2D eigenvalue weighted by Crippen LogP contribution is -2.52. The van der Waals surface area contributed by atoms with Crippen LogP contribution >= 0.6 is 0 Å². The molecule has 0 spiro atoms. The van der Waals surface area contributed by atoms with Crippen molar-refractivity contribution in [2.45, 2.75) is 43.9 Å². The monoisotopic (exact) mass is 278 g/mol. The summed E-state index contributed by atoms with van der Waals surface area (Å²) in [5.41, 5.74) is 0. The molecule has 0 amide bonds. The Hall–Kier alpha value is -1.07. The minimum absolute atomic E-state index is 0.282. The van der Waals surface area contributed by atoms with Crippen LogP contribution in [0.3, 0.4) is 0 Å². The Bertz CT molecular complexity index is 374. The van der Waals surface area contributed by atoms with Gasteiger partial charge in [-0.1, -0.05) is 12.2 Å². The molecule has 0 bridgehead atoms. The highest BCUT2D eigenvalue weighted by atomic mass is 16.5. The van der Waals surface area contributed by atoms with Gasteiger partial charge < -0.3 is 15.4 Å². The van der Waals surface area contributed by atoms with E-state index in [0.29, 0.717) is 12.1 Å². The van der Waals surface area contributed by atoms with E-state index in [-0.39, 0.29) is 6.10 Å². The van der Waals surface area contributed by atoms with Gasteiger partial charge in [-0.3, -0.25) is 9.89 Å². The number of hydrogen-bond donors (Lipinski definition) is 2. The van der Waals surface area contributed by atoms with E-state index in [1.165, 1.54) is 19.4 Å². The highest BCUT2D eigenvalue weighted by Gasteiger charge is 2.32. The number of rotatable bonds is 3. The molecule has 0 aromatic carbocycles. The topological polar surface area (TPSA) is 48.9 Å². The van der Waals surface area contributed by atoms with Crippen molar-refractivity contribution in [1.82, 2.24) is 15.5 Å². The van der Waals surface area contributed by atoms with Gasteiger partial charge >= 0.3 is 0 Å². The summed E-state index contributed by atoms with van der Waals surface area (Å²) < 4.78 is 5.96. The van der Waals surface area contributed by atoms with E-state index in [2.05, 4.69) is 32.7 Å². The Balaban J connectivity index is 1.41. The van der Waals surface area contributed by atoms with Gasteiger partial charge in [-0.25, -0.2) is 0 Å². The summed E-state index contributed by atoms with van der Waals surface area (Å²) in [6.45, 7) is 4.03. The maximum atomic E-state index is 5.96. The Morgan fingerprint density at radius 2 is 2.25 bits per heavy atom. The van der Waals surface area contributed by atoms with Crippen molar-refractivity contribution in [3.05, 3.63) is 12.2 Å². The molecule has 20 heavy (non-hydrogen) atoms. The van der Waals surface area contributed by atoms with E-state index < -0.39 is 0 Å². The molecule has 3 aliphatic rings. The first kappa shape index (κ1) is 13.9. The number of nitrogens with one attached hydrogen (secondary N) is 2. The second-order valence-electron chi connectivity index (χ2n) is 5.98. The molecule has 0 aromatic heterocycles. The molecule has 2 heterocycles. The molecule has 3 rings (SSSR count). The number of nitrogens with zero attached hydrogens (tertiary/aromatic N) is 2. The van der Waals surface area contributed by atoms with Crippen LogP contribution in [0.5, 0.6) is 0 Å². The van der Waals surface area contributed by atoms with Gasteiger partial charge in [0.15, 0.2) is 5.96 Å². The minimum Gasteiger partial charge on any atom is -0.373 e. The number of hydrogen-bond acceptors (Lipinski definition) is 3. The molecule has 2 atom stereocenters. The molecular formula is C15H26N4O. The molecular weight excluding hydrogens is 252 g/mol. The Morgan fingerprint density at radius 3 is 3.05 bits per heavy atom. The van der Waals surface area contributed by atoms with Crippen LogP contribution in [0.4, 0.5) is 0 Å². The van der Waals surface area contributed by atoms with Crippen LogP contribution in [0, 0.1) is 0 Å². The van der Waals surface area contributed by atoms with Gasteiger partial charge in [0.05, 0.1) is 12.7 Å². The van der Waals surface area contributed by atoms with Crippen molar-refractivity contribution >= 4 is 5.96 Å². The number of fused-ring (bicyclic) bond motifs is 1. The summed E-state index contributed by atoms with van der Waals surface area (Å²) in [5.74, 6) is 0.894. The third-order valence-corrected chi connectivity index (χ3v) is 4.53. The first-order valence-corrected chi connectivity index (χ1v) is 7.83. The lowest BCUT2D eigenvalue weighted by molar-refractivity contribution is -0.0453. The predicted octanol–water partition coefficient (Wildman–Crippen LogP) is 0.733. The first-order valence-electron chi connectivity index (χ1n) is 7.83. The zero-order valence-electron chi connectivity index (χ0n) is 12.3. The highest BCUT2D eigenvalue weighted by Crippen LogP contribution is 2.22. The third-order valence-electron chi connectivity index (χ3n) is 4.53. The fraction of sp³-hybridized carbons (Fsp3) is 0.800. The minimum atomic E-state index is 0.282. The zero-order chi connectivity index (χ0) is 13.8. The summed E-state index contributed by atoms with van der Waals surface area (Å²) in [5, 5.41) is 6.86. The lowest BCUT2D eigenvalue weighted by atomic mass is 10.2. The van der Waals surface area contributed by atoms with Crippen LogP contribution in [0.25, 0.3) is 0 Å². The fourth-order valence-electron chi connectivity index (χ4n) is 3.34. The van der Waals surface area contributed by atoms with Crippen molar-refractivity contribution in [2.24, 2.45) is 4.99 Å². The molecule has 0 saturated carbocycles. The van der Waals surface area contributed by atoms with Crippen LogP contribution in [0.1, 0.15) is 25.7 Å². The van der Waals surface area contributed by atoms with Gasteiger partial charge in [0.1, 0.15) is 0 Å². The largest absolute Gasteiger partial charge is 0.373 e. The first-order chi connectivity index (χ1) is 9.85. The Labute approximate surface area is 121 Å². The summed E-state index contributed by atoms with van der Waals surface area (Å²) in [7, 11) is 1.83. The average Bonchev–Trinajstić information content (AvgIpc) is 3.13. The summed E-state index contributed by atoms with van der Waals surface area (Å²) >= 11 is 0. The Morgan fingerprint density at radius 1 is 1.40 bits per heavy atom. The second kappa shape index (κ2) is 6.59. The molecule has 2 unspecified atom stereocenters. The normalized spacial score (nSPS) is 31.6. The van der Waals surface area contributed by atoms with Crippen LogP contribution in [-0.4, -0.2) is 62.3 Å². The molecule has 112 valence electrons. The van der Waals surface area contributed by atoms with E-state index in [1.807, 2.05) is 7.05 Å². The van der Waals surface area contributed by atoms with Crippen molar-refractivity contribution in [3.8, 4) is 0 Å². The number of ether oxygens (including phenoxy) is 1. The molecule has 0 radical (unpaired) electrons. The van der Waals surface area contributed by atoms with Gasteiger partial charge in [-0.2, -0.15) is 0 Å². The second-order valence-corrected chi connectivity index (χ2v) is 5.98. The SMILES string of the molecule is CN=C(NCC1CN2CCCC2CO1)NC1CC=CC1. The Kier molecular flexibility index (Phi) is 4.58. The van der Waals surface area contributed by atoms with Crippen molar-refractivity contribution < 1.29 is 4.74 Å². The maximum absolute atomic E-state index is 5.96. The maximum Gasteiger partial charge on any atom is 0.191 e. The van der Waals surface area contributed by atoms with E-state index in [0.717, 1.165) is 38.5 Å². The molecule has 2 N–H and O–H groups in total. The van der Waals surface area contributed by atoms with Crippen molar-refractivity contribution in [3.63, 3.8) is 0 Å². The van der Waals surface area contributed by atoms with Gasteiger partial charge in [-0.15, -0.1) is 0 Å². The van der Waals surface area contributed by atoms with E-state index in [4.69, 9.17) is 4.74 Å². The van der Waals surface area contributed by atoms with Crippen molar-refractivity contribution in [1.29, 1.82) is 0 Å². The van der Waals surface area contributed by atoms with E-state index in [1.54, 1.807) is 0 Å². The number of morpholine rings is 1. The molecule has 2 aliphatic heterocycles.